The van der Waals surface area contributed by atoms with Gasteiger partial charge in [-0.3, -0.25) is 0 Å². The van der Waals surface area contributed by atoms with Gasteiger partial charge >= 0.3 is 5.97 Å². The molecule has 0 heterocycles. The van der Waals surface area contributed by atoms with Crippen LogP contribution in [0, 0.1) is 0 Å². The van der Waals surface area contributed by atoms with Crippen molar-refractivity contribution in [3.05, 3.63) is 59.7 Å². The van der Waals surface area contributed by atoms with Crippen LogP contribution in [0.25, 0.3) is 0 Å². The Balaban J connectivity index is 1.99. The van der Waals surface area contributed by atoms with Crippen molar-refractivity contribution in [2.24, 2.45) is 0 Å². The number of carboxylic acids is 1. The highest BCUT2D eigenvalue weighted by Gasteiger charge is 2.12. The van der Waals surface area contributed by atoms with E-state index in [4.69, 9.17) is 5.73 Å². The van der Waals surface area contributed by atoms with E-state index in [9.17, 15) is 9.90 Å². The second kappa shape index (κ2) is 6.79. The summed E-state index contributed by atoms with van der Waals surface area (Å²) in [6, 6.07) is 15.3. The van der Waals surface area contributed by atoms with Crippen LogP contribution in [0.5, 0.6) is 0 Å². The molecule has 0 radical (unpaired) electrons. The molecule has 0 amide bonds. The predicted molar refractivity (Wildman–Crippen MR) is 85.7 cm³/mol. The highest BCUT2D eigenvalue weighted by atomic mass is 16.4. The summed E-state index contributed by atoms with van der Waals surface area (Å²) in [5.41, 5.74) is 8.19. The van der Waals surface area contributed by atoms with Gasteiger partial charge in [-0.1, -0.05) is 30.3 Å². The standard InChI is InChI=1S/C17H20N2O2/c1-12(7-8-13-5-3-2-4-6-13)19-16-10-9-14(18)11-15(16)17(20)21/h2-6,9-12,19H,7-8,18H2,1H3,(H,20,21)/t12-/m1/s1. The van der Waals surface area contributed by atoms with E-state index in [1.54, 1.807) is 12.1 Å². The maximum atomic E-state index is 11.2. The second-order valence-corrected chi connectivity index (χ2v) is 5.18. The lowest BCUT2D eigenvalue weighted by Gasteiger charge is -2.17. The number of aromatic carboxylic acids is 1. The van der Waals surface area contributed by atoms with Crippen molar-refractivity contribution < 1.29 is 9.90 Å². The molecule has 4 heteroatoms. The minimum Gasteiger partial charge on any atom is -0.478 e. The molecular formula is C17H20N2O2. The van der Waals surface area contributed by atoms with Crippen molar-refractivity contribution in [1.82, 2.24) is 0 Å². The number of nitrogens with one attached hydrogen (secondary N) is 1. The maximum absolute atomic E-state index is 11.2. The molecule has 0 fully saturated rings. The number of nitrogen functional groups attached to an aromatic ring is 1. The van der Waals surface area contributed by atoms with Crippen molar-refractivity contribution in [2.45, 2.75) is 25.8 Å². The topological polar surface area (TPSA) is 75.3 Å². The van der Waals surface area contributed by atoms with Crippen molar-refractivity contribution in [3.63, 3.8) is 0 Å². The Morgan fingerprint density at radius 3 is 2.62 bits per heavy atom. The van der Waals surface area contributed by atoms with Gasteiger partial charge in [0.25, 0.3) is 0 Å². The molecule has 110 valence electrons. The van der Waals surface area contributed by atoms with Crippen LogP contribution in [0.1, 0.15) is 29.3 Å². The molecule has 0 unspecified atom stereocenters. The largest absolute Gasteiger partial charge is 0.478 e. The molecule has 0 saturated carbocycles. The third-order valence-corrected chi connectivity index (χ3v) is 3.38. The fourth-order valence-corrected chi connectivity index (χ4v) is 2.23. The number of hydrogen-bond acceptors (Lipinski definition) is 3. The molecule has 4 nitrogen and oxygen atoms in total. The van der Waals surface area contributed by atoms with E-state index < -0.39 is 5.97 Å². The monoisotopic (exact) mass is 284 g/mol. The van der Waals surface area contributed by atoms with Gasteiger partial charge in [-0.2, -0.15) is 0 Å². The summed E-state index contributed by atoms with van der Waals surface area (Å²) in [5, 5.41) is 12.5. The normalized spacial score (nSPS) is 11.9. The zero-order valence-corrected chi connectivity index (χ0v) is 12.0. The number of carbonyl (C=O) groups is 1. The Kier molecular flexibility index (Phi) is 4.82. The number of carboxylic acid groups (broad SMARTS) is 1. The summed E-state index contributed by atoms with van der Waals surface area (Å²) in [7, 11) is 0. The van der Waals surface area contributed by atoms with Gasteiger partial charge in [-0.25, -0.2) is 4.79 Å². The molecule has 21 heavy (non-hydrogen) atoms. The molecule has 1 atom stereocenters. The first-order valence-electron chi connectivity index (χ1n) is 6.99. The molecule has 0 aliphatic rings. The first kappa shape index (κ1) is 14.9. The van der Waals surface area contributed by atoms with E-state index in [1.165, 1.54) is 11.6 Å². The summed E-state index contributed by atoms with van der Waals surface area (Å²) in [6.45, 7) is 2.05. The number of nitrogens with two attached hydrogens (primary N) is 1. The number of hydrogen-bond donors (Lipinski definition) is 3. The molecule has 2 rings (SSSR count). The van der Waals surface area contributed by atoms with Crippen LogP contribution in [-0.2, 0) is 6.42 Å². The smallest absolute Gasteiger partial charge is 0.337 e. The average Bonchev–Trinajstić information content (AvgIpc) is 2.48. The van der Waals surface area contributed by atoms with Gasteiger partial charge < -0.3 is 16.2 Å². The third kappa shape index (κ3) is 4.24. The SMILES string of the molecule is C[C@H](CCc1ccccc1)Nc1ccc(N)cc1C(=O)O. The van der Waals surface area contributed by atoms with Gasteiger partial charge in [-0.05, 0) is 43.5 Å². The van der Waals surface area contributed by atoms with Crippen LogP contribution in [0.4, 0.5) is 11.4 Å². The summed E-state index contributed by atoms with van der Waals surface area (Å²) >= 11 is 0. The van der Waals surface area contributed by atoms with E-state index in [-0.39, 0.29) is 11.6 Å². The van der Waals surface area contributed by atoms with Crippen LogP contribution in [0.15, 0.2) is 48.5 Å². The van der Waals surface area contributed by atoms with Gasteiger partial charge in [0.1, 0.15) is 0 Å². The molecule has 2 aromatic rings. The predicted octanol–water partition coefficient (Wildman–Crippen LogP) is 3.40. The van der Waals surface area contributed by atoms with Gasteiger partial charge in [-0.15, -0.1) is 0 Å². The third-order valence-electron chi connectivity index (χ3n) is 3.38. The Labute approximate surface area is 124 Å². The lowest BCUT2D eigenvalue weighted by Crippen LogP contribution is -2.18. The molecule has 0 aliphatic carbocycles. The fraction of sp³-hybridized carbons (Fsp3) is 0.235. The Bertz CT molecular complexity index is 611. The zero-order valence-electron chi connectivity index (χ0n) is 12.0. The zero-order chi connectivity index (χ0) is 15.2. The van der Waals surface area contributed by atoms with Gasteiger partial charge in [0.05, 0.1) is 5.56 Å². The first-order chi connectivity index (χ1) is 10.1. The van der Waals surface area contributed by atoms with E-state index in [0.29, 0.717) is 11.4 Å². The summed E-state index contributed by atoms with van der Waals surface area (Å²) in [6.07, 6.45) is 1.87. The molecule has 0 spiro atoms. The average molecular weight is 284 g/mol. The lowest BCUT2D eigenvalue weighted by molar-refractivity contribution is 0.0698. The molecule has 0 aliphatic heterocycles. The Morgan fingerprint density at radius 1 is 1.24 bits per heavy atom. The van der Waals surface area contributed by atoms with Crippen molar-refractivity contribution in [3.8, 4) is 0 Å². The van der Waals surface area contributed by atoms with Crippen molar-refractivity contribution in [1.29, 1.82) is 0 Å². The maximum Gasteiger partial charge on any atom is 0.337 e. The van der Waals surface area contributed by atoms with Gasteiger partial charge in [0.15, 0.2) is 0 Å². The number of rotatable bonds is 6. The van der Waals surface area contributed by atoms with Crippen LogP contribution in [-0.4, -0.2) is 17.1 Å². The number of benzene rings is 2. The molecular weight excluding hydrogens is 264 g/mol. The first-order valence-corrected chi connectivity index (χ1v) is 6.99. The molecule has 2 aromatic carbocycles. The Hall–Kier alpha value is -2.49. The minimum absolute atomic E-state index is 0.173. The lowest BCUT2D eigenvalue weighted by atomic mass is 10.1. The minimum atomic E-state index is -0.972. The van der Waals surface area contributed by atoms with Crippen LogP contribution in [0.2, 0.25) is 0 Å². The molecule has 4 N–H and O–H groups in total. The number of aryl methyl sites for hydroxylation is 1. The molecule has 0 saturated heterocycles. The number of anilines is 2. The van der Waals surface area contributed by atoms with Crippen molar-refractivity contribution >= 4 is 17.3 Å². The summed E-state index contributed by atoms with van der Waals surface area (Å²) in [5.74, 6) is -0.972. The second-order valence-electron chi connectivity index (χ2n) is 5.18. The van der Waals surface area contributed by atoms with Crippen LogP contribution in [0.3, 0.4) is 0 Å². The van der Waals surface area contributed by atoms with Crippen molar-refractivity contribution in [2.75, 3.05) is 11.1 Å². The van der Waals surface area contributed by atoms with E-state index >= 15 is 0 Å². The van der Waals surface area contributed by atoms with Gasteiger partial charge in [0.2, 0.25) is 0 Å². The Morgan fingerprint density at radius 2 is 1.95 bits per heavy atom. The molecule has 0 bridgehead atoms. The van der Waals surface area contributed by atoms with E-state index in [0.717, 1.165) is 12.8 Å². The van der Waals surface area contributed by atoms with Crippen LogP contribution < -0.4 is 11.1 Å². The van der Waals surface area contributed by atoms with Gasteiger partial charge in [0, 0.05) is 17.4 Å². The fourth-order valence-electron chi connectivity index (χ4n) is 2.23. The highest BCUT2D eigenvalue weighted by Crippen LogP contribution is 2.20. The summed E-state index contributed by atoms with van der Waals surface area (Å²) in [4.78, 5) is 11.2. The van der Waals surface area contributed by atoms with Crippen LogP contribution >= 0.6 is 0 Å². The highest BCUT2D eigenvalue weighted by molar-refractivity contribution is 5.95. The summed E-state index contributed by atoms with van der Waals surface area (Å²) < 4.78 is 0. The van der Waals surface area contributed by atoms with E-state index in [2.05, 4.69) is 17.4 Å². The van der Waals surface area contributed by atoms with E-state index in [1.807, 2.05) is 25.1 Å². The molecule has 0 aromatic heterocycles. The quantitative estimate of drug-likeness (QED) is 0.711.